The molecule has 7 nitrogen and oxygen atoms in total. The van der Waals surface area contributed by atoms with Gasteiger partial charge in [0.1, 0.15) is 18.3 Å². The van der Waals surface area contributed by atoms with E-state index in [1.54, 1.807) is 30.3 Å². The lowest BCUT2D eigenvalue weighted by molar-refractivity contribution is -0.133. The van der Waals surface area contributed by atoms with Crippen LogP contribution in [0, 0.1) is 0 Å². The van der Waals surface area contributed by atoms with Gasteiger partial charge >= 0.3 is 23.3 Å². The Morgan fingerprint density at radius 2 is 1.95 bits per heavy atom. The van der Waals surface area contributed by atoms with Crippen molar-refractivity contribution in [2.75, 3.05) is 0 Å². The highest BCUT2D eigenvalue weighted by molar-refractivity contribution is 7.75. The van der Waals surface area contributed by atoms with E-state index in [0.29, 0.717) is 5.56 Å². The lowest BCUT2D eigenvalue weighted by atomic mass is 9.92. The molecule has 1 aromatic rings. The summed E-state index contributed by atoms with van der Waals surface area (Å²) in [6.07, 6.45) is -1.16. The van der Waals surface area contributed by atoms with Crippen LogP contribution in [0.15, 0.2) is 42.0 Å². The first kappa shape index (κ1) is 14.9. The maximum atomic E-state index is 12.1. The van der Waals surface area contributed by atoms with E-state index in [4.69, 9.17) is 18.2 Å². The van der Waals surface area contributed by atoms with E-state index in [-0.39, 0.29) is 12.0 Å². The number of ether oxygens (including phenoxy) is 1. The second-order valence-corrected chi connectivity index (χ2v) is 5.63. The predicted octanol–water partition coefficient (Wildman–Crippen LogP) is 0.989. The molecular weight excluding hydrogens is 312 g/mol. The highest BCUT2D eigenvalue weighted by atomic mass is 32.2. The topological polar surface area (TPSA) is 99.1 Å². The Kier molecular flexibility index (Phi) is 4.06. The Morgan fingerprint density at radius 1 is 1.23 bits per heavy atom. The fourth-order valence-corrected chi connectivity index (χ4v) is 3.16. The molecule has 0 spiro atoms. The van der Waals surface area contributed by atoms with Gasteiger partial charge in [0, 0.05) is 12.0 Å². The van der Waals surface area contributed by atoms with Gasteiger partial charge in [-0.3, -0.25) is 8.37 Å². The van der Waals surface area contributed by atoms with Crippen LogP contribution in [0.25, 0.3) is 0 Å². The number of carboxylic acid groups (broad SMARTS) is 1. The van der Waals surface area contributed by atoms with Gasteiger partial charge in [0.2, 0.25) is 0 Å². The molecule has 22 heavy (non-hydrogen) atoms. The zero-order valence-corrected chi connectivity index (χ0v) is 12.0. The normalized spacial score (nSPS) is 30.3. The number of hydrogen-bond donors (Lipinski definition) is 1. The van der Waals surface area contributed by atoms with Crippen LogP contribution in [-0.4, -0.2) is 39.6 Å². The molecule has 4 atom stereocenters. The molecule has 0 amide bonds. The van der Waals surface area contributed by atoms with Crippen molar-refractivity contribution in [1.29, 1.82) is 0 Å². The van der Waals surface area contributed by atoms with Crippen LogP contribution in [0.3, 0.4) is 0 Å². The summed E-state index contributed by atoms with van der Waals surface area (Å²) in [4.78, 5) is 23.2. The lowest BCUT2D eigenvalue weighted by Gasteiger charge is -2.28. The fraction of sp³-hybridized carbons (Fsp3) is 0.286. The minimum atomic E-state index is -1.98. The van der Waals surface area contributed by atoms with Crippen LogP contribution in [0.2, 0.25) is 0 Å². The molecule has 1 fully saturated rings. The third-order valence-electron chi connectivity index (χ3n) is 3.40. The van der Waals surface area contributed by atoms with Gasteiger partial charge < -0.3 is 9.84 Å². The first-order valence-electron chi connectivity index (χ1n) is 6.50. The van der Waals surface area contributed by atoms with Gasteiger partial charge in [-0.15, -0.1) is 0 Å². The number of benzene rings is 1. The molecule has 2 aliphatic rings. The summed E-state index contributed by atoms with van der Waals surface area (Å²) in [5.41, 5.74) is 0.375. The summed E-state index contributed by atoms with van der Waals surface area (Å²) >= 11 is -1.98. The Hall–Kier alpha value is -2.03. The van der Waals surface area contributed by atoms with Crippen molar-refractivity contribution in [2.24, 2.45) is 0 Å². The van der Waals surface area contributed by atoms with Gasteiger partial charge in [0.15, 0.2) is 0 Å². The SMILES string of the molecule is O=C(O)C1=C[C@H]2OS(=O)O[C@H]2[C@H](OC(=O)c2ccccc2)C1. The minimum Gasteiger partial charge on any atom is -0.478 e. The van der Waals surface area contributed by atoms with Gasteiger partial charge in [0.25, 0.3) is 0 Å². The first-order chi connectivity index (χ1) is 10.5. The number of fused-ring (bicyclic) bond motifs is 1. The van der Waals surface area contributed by atoms with E-state index in [9.17, 15) is 13.8 Å². The molecule has 8 heteroatoms. The van der Waals surface area contributed by atoms with Gasteiger partial charge in [-0.2, -0.15) is 4.21 Å². The molecule has 3 rings (SSSR count). The van der Waals surface area contributed by atoms with E-state index in [2.05, 4.69) is 0 Å². The molecule has 1 unspecified atom stereocenters. The summed E-state index contributed by atoms with van der Waals surface area (Å²) in [5, 5.41) is 9.11. The Morgan fingerprint density at radius 3 is 2.64 bits per heavy atom. The van der Waals surface area contributed by atoms with Gasteiger partial charge in [-0.25, -0.2) is 9.59 Å². The highest BCUT2D eigenvalue weighted by Crippen LogP contribution is 2.32. The fourth-order valence-electron chi connectivity index (χ4n) is 2.36. The standard InChI is InChI=1S/C14H12O7S/c15-13(16)9-6-10(12-11(7-9)20-22(18)21-12)19-14(17)8-4-2-1-3-5-8/h1-5,7,10-12H,6H2,(H,15,16)/t10-,11-,12+,22?/m1/s1. The molecule has 1 saturated heterocycles. The summed E-state index contributed by atoms with van der Waals surface area (Å²) in [5.74, 6) is -1.74. The van der Waals surface area contributed by atoms with E-state index in [1.165, 1.54) is 6.08 Å². The second kappa shape index (κ2) is 5.99. The Labute approximate surface area is 128 Å². The van der Waals surface area contributed by atoms with Crippen LogP contribution in [0.5, 0.6) is 0 Å². The summed E-state index contributed by atoms with van der Waals surface area (Å²) in [6, 6.07) is 8.30. The first-order valence-corrected chi connectivity index (χ1v) is 7.50. The van der Waals surface area contributed by atoms with Crippen molar-refractivity contribution in [3.63, 3.8) is 0 Å². The van der Waals surface area contributed by atoms with E-state index >= 15 is 0 Å². The summed E-state index contributed by atoms with van der Waals surface area (Å²) in [6.45, 7) is 0. The number of carbonyl (C=O) groups is 2. The maximum absolute atomic E-state index is 12.1. The second-order valence-electron chi connectivity index (χ2n) is 4.84. The molecule has 0 aromatic heterocycles. The predicted molar refractivity (Wildman–Crippen MR) is 73.9 cm³/mol. The number of hydrogen-bond acceptors (Lipinski definition) is 6. The van der Waals surface area contributed by atoms with Crippen molar-refractivity contribution < 1.29 is 32.0 Å². The number of aliphatic carboxylic acids is 1. The largest absolute Gasteiger partial charge is 0.478 e. The van der Waals surface area contributed by atoms with Crippen molar-refractivity contribution in [1.82, 2.24) is 0 Å². The van der Waals surface area contributed by atoms with Gasteiger partial charge in [-0.05, 0) is 18.2 Å². The minimum absolute atomic E-state index is 0.0321. The summed E-state index contributed by atoms with van der Waals surface area (Å²) in [7, 11) is 0. The van der Waals surface area contributed by atoms with Crippen molar-refractivity contribution in [3.05, 3.63) is 47.5 Å². The van der Waals surface area contributed by atoms with E-state index < -0.39 is 41.6 Å². The quantitative estimate of drug-likeness (QED) is 0.828. The monoisotopic (exact) mass is 324 g/mol. The molecule has 0 saturated carbocycles. The van der Waals surface area contributed by atoms with Gasteiger partial charge in [0.05, 0.1) is 5.56 Å². The molecule has 1 N–H and O–H groups in total. The molecule has 0 radical (unpaired) electrons. The Bertz CT molecular complexity index is 654. The van der Waals surface area contributed by atoms with Crippen molar-refractivity contribution in [3.8, 4) is 0 Å². The van der Waals surface area contributed by atoms with E-state index in [0.717, 1.165) is 0 Å². The zero-order chi connectivity index (χ0) is 15.7. The van der Waals surface area contributed by atoms with E-state index in [1.807, 2.05) is 0 Å². The van der Waals surface area contributed by atoms with Crippen LogP contribution in [0.1, 0.15) is 16.8 Å². The van der Waals surface area contributed by atoms with Crippen LogP contribution in [-0.2, 0) is 29.3 Å². The van der Waals surface area contributed by atoms with Crippen molar-refractivity contribution in [2.45, 2.75) is 24.7 Å². The molecular formula is C14H12O7S. The van der Waals surface area contributed by atoms with Crippen LogP contribution >= 0.6 is 0 Å². The smallest absolute Gasteiger partial charge is 0.338 e. The van der Waals surface area contributed by atoms with Crippen LogP contribution < -0.4 is 0 Å². The molecule has 116 valence electrons. The van der Waals surface area contributed by atoms with Crippen molar-refractivity contribution >= 4 is 23.3 Å². The average molecular weight is 324 g/mol. The maximum Gasteiger partial charge on any atom is 0.338 e. The molecule has 1 aliphatic carbocycles. The number of esters is 1. The zero-order valence-electron chi connectivity index (χ0n) is 11.2. The molecule has 1 aliphatic heterocycles. The number of rotatable bonds is 3. The summed E-state index contributed by atoms with van der Waals surface area (Å²) < 4.78 is 26.7. The number of carboxylic acids is 1. The average Bonchev–Trinajstić information content (AvgIpc) is 2.88. The molecule has 1 aromatic carbocycles. The molecule has 1 heterocycles. The Balaban J connectivity index is 1.80. The third kappa shape index (κ3) is 2.94. The highest BCUT2D eigenvalue weighted by Gasteiger charge is 2.46. The number of carbonyl (C=O) groups excluding carboxylic acids is 1. The molecule has 0 bridgehead atoms. The van der Waals surface area contributed by atoms with Crippen LogP contribution in [0.4, 0.5) is 0 Å². The third-order valence-corrected chi connectivity index (χ3v) is 4.16. The van der Waals surface area contributed by atoms with Gasteiger partial charge in [-0.1, -0.05) is 18.2 Å². The lowest BCUT2D eigenvalue weighted by Crippen LogP contribution is -2.42.